The van der Waals surface area contributed by atoms with E-state index in [-0.39, 0.29) is 17.6 Å². The summed E-state index contributed by atoms with van der Waals surface area (Å²) in [6, 6.07) is 7.55. The molecule has 0 unspecified atom stereocenters. The van der Waals surface area contributed by atoms with Crippen LogP contribution >= 0.6 is 27.7 Å². The molecule has 3 N–H and O–H groups in total. The number of thioether (sulfide) groups is 1. The molecule has 0 spiro atoms. The summed E-state index contributed by atoms with van der Waals surface area (Å²) in [7, 11) is 1.74. The van der Waals surface area contributed by atoms with Crippen molar-refractivity contribution in [3.63, 3.8) is 0 Å². The van der Waals surface area contributed by atoms with Crippen LogP contribution in [0, 0.1) is 0 Å². The van der Waals surface area contributed by atoms with Gasteiger partial charge in [0.25, 0.3) is 0 Å². The molecule has 1 aromatic carbocycles. The van der Waals surface area contributed by atoms with Crippen molar-refractivity contribution >= 4 is 39.5 Å². The van der Waals surface area contributed by atoms with Gasteiger partial charge in [0.2, 0.25) is 17.0 Å². The van der Waals surface area contributed by atoms with Crippen molar-refractivity contribution in [2.75, 3.05) is 31.7 Å². The van der Waals surface area contributed by atoms with Crippen molar-refractivity contribution in [2.45, 2.75) is 5.16 Å². The summed E-state index contributed by atoms with van der Waals surface area (Å²) >= 11 is 4.60. The van der Waals surface area contributed by atoms with Crippen molar-refractivity contribution in [3.05, 3.63) is 28.7 Å². The summed E-state index contributed by atoms with van der Waals surface area (Å²) < 4.78 is 6.58. The van der Waals surface area contributed by atoms with Crippen LogP contribution in [0.4, 0.5) is 5.95 Å². The quantitative estimate of drug-likeness (QED) is 0.705. The van der Waals surface area contributed by atoms with Gasteiger partial charge in [0.05, 0.1) is 12.3 Å². The standard InChI is InChI=1S/C13H16BrN5O2S/c1-19(6-7-21-10-4-2-9(14)3-5-10)11(20)8-22-13-16-12(15)17-18-13/h2-5H,6-8H2,1H3,(H3,15,16,17,18). The maximum absolute atomic E-state index is 12.0. The highest BCUT2D eigenvalue weighted by Crippen LogP contribution is 2.16. The number of nitrogens with zero attached hydrogens (tertiary/aromatic N) is 3. The fraction of sp³-hybridized carbons (Fsp3) is 0.308. The Kier molecular flexibility index (Phi) is 6.08. The molecule has 0 aliphatic rings. The first-order valence-corrected chi connectivity index (χ1v) is 8.25. The Balaban J connectivity index is 1.68. The molecule has 7 nitrogen and oxygen atoms in total. The van der Waals surface area contributed by atoms with E-state index in [2.05, 4.69) is 31.1 Å². The van der Waals surface area contributed by atoms with Gasteiger partial charge in [-0.1, -0.05) is 27.7 Å². The molecule has 0 aliphatic carbocycles. The third-order valence-electron chi connectivity index (χ3n) is 2.74. The summed E-state index contributed by atoms with van der Waals surface area (Å²) in [6.07, 6.45) is 0. The Morgan fingerprint density at radius 1 is 1.45 bits per heavy atom. The SMILES string of the molecule is CN(CCOc1ccc(Br)cc1)C(=O)CSc1n[nH]c(N)n1. The van der Waals surface area contributed by atoms with Gasteiger partial charge in [-0.3, -0.25) is 4.79 Å². The van der Waals surface area contributed by atoms with Crippen LogP contribution in [-0.4, -0.2) is 51.9 Å². The fourth-order valence-corrected chi connectivity index (χ4v) is 2.53. The lowest BCUT2D eigenvalue weighted by Crippen LogP contribution is -2.32. The second-order valence-corrected chi connectivity index (χ2v) is 6.27. The largest absolute Gasteiger partial charge is 0.492 e. The van der Waals surface area contributed by atoms with E-state index in [1.54, 1.807) is 11.9 Å². The molecule has 1 aromatic heterocycles. The first kappa shape index (κ1) is 16.6. The molecule has 1 heterocycles. The highest BCUT2D eigenvalue weighted by molar-refractivity contribution is 9.10. The van der Waals surface area contributed by atoms with Gasteiger partial charge in [-0.15, -0.1) is 5.10 Å². The van der Waals surface area contributed by atoms with Crippen LogP contribution in [0.5, 0.6) is 5.75 Å². The van der Waals surface area contributed by atoms with E-state index in [0.717, 1.165) is 10.2 Å². The minimum atomic E-state index is -0.0206. The molecule has 118 valence electrons. The molecule has 0 aliphatic heterocycles. The van der Waals surface area contributed by atoms with Crippen molar-refractivity contribution in [1.82, 2.24) is 20.1 Å². The van der Waals surface area contributed by atoms with E-state index in [4.69, 9.17) is 10.5 Å². The molecule has 22 heavy (non-hydrogen) atoms. The molecule has 2 rings (SSSR count). The summed E-state index contributed by atoms with van der Waals surface area (Å²) in [5.41, 5.74) is 5.42. The normalized spacial score (nSPS) is 10.5. The molecular formula is C13H16BrN5O2S. The maximum atomic E-state index is 12.0. The number of anilines is 1. The molecule has 1 amide bonds. The second kappa shape index (κ2) is 8.04. The number of hydrogen-bond donors (Lipinski definition) is 2. The zero-order valence-electron chi connectivity index (χ0n) is 12.0. The Labute approximate surface area is 140 Å². The molecule has 0 bridgehead atoms. The number of ether oxygens (including phenoxy) is 1. The predicted molar refractivity (Wildman–Crippen MR) is 88.8 cm³/mol. The molecule has 0 saturated carbocycles. The van der Waals surface area contributed by atoms with Crippen LogP contribution < -0.4 is 10.5 Å². The minimum Gasteiger partial charge on any atom is -0.492 e. The van der Waals surface area contributed by atoms with Gasteiger partial charge in [0.15, 0.2) is 0 Å². The second-order valence-electron chi connectivity index (χ2n) is 4.41. The van der Waals surface area contributed by atoms with Gasteiger partial charge in [0.1, 0.15) is 12.4 Å². The lowest BCUT2D eigenvalue weighted by Gasteiger charge is -2.17. The Morgan fingerprint density at radius 2 is 2.18 bits per heavy atom. The summed E-state index contributed by atoms with van der Waals surface area (Å²) in [5, 5.41) is 6.85. The molecular weight excluding hydrogens is 370 g/mol. The number of amides is 1. The smallest absolute Gasteiger partial charge is 0.232 e. The van der Waals surface area contributed by atoms with Crippen LogP contribution in [-0.2, 0) is 4.79 Å². The summed E-state index contributed by atoms with van der Waals surface area (Å²) in [5.74, 6) is 1.25. The average molecular weight is 386 g/mol. The Hall–Kier alpha value is -1.74. The van der Waals surface area contributed by atoms with Crippen molar-refractivity contribution < 1.29 is 9.53 Å². The van der Waals surface area contributed by atoms with Crippen molar-refractivity contribution in [2.24, 2.45) is 0 Å². The van der Waals surface area contributed by atoms with Crippen LogP contribution in [0.25, 0.3) is 0 Å². The van der Waals surface area contributed by atoms with Crippen molar-refractivity contribution in [1.29, 1.82) is 0 Å². The highest BCUT2D eigenvalue weighted by Gasteiger charge is 2.11. The van der Waals surface area contributed by atoms with Crippen LogP contribution in [0.3, 0.4) is 0 Å². The monoisotopic (exact) mass is 385 g/mol. The number of hydrogen-bond acceptors (Lipinski definition) is 6. The van der Waals surface area contributed by atoms with Gasteiger partial charge in [-0.2, -0.15) is 4.98 Å². The van der Waals surface area contributed by atoms with Gasteiger partial charge < -0.3 is 15.4 Å². The van der Waals surface area contributed by atoms with E-state index in [1.165, 1.54) is 11.8 Å². The molecule has 2 aromatic rings. The van der Waals surface area contributed by atoms with Gasteiger partial charge >= 0.3 is 0 Å². The third-order valence-corrected chi connectivity index (χ3v) is 4.10. The number of nitrogens with two attached hydrogens (primary N) is 1. The third kappa shape index (κ3) is 5.23. The van der Waals surface area contributed by atoms with E-state index in [1.807, 2.05) is 24.3 Å². The molecule has 0 fully saturated rings. The Bertz CT molecular complexity index is 619. The summed E-state index contributed by atoms with van der Waals surface area (Å²) in [6.45, 7) is 0.938. The fourth-order valence-electron chi connectivity index (χ4n) is 1.52. The number of aromatic amines is 1. The van der Waals surface area contributed by atoms with Gasteiger partial charge in [0, 0.05) is 11.5 Å². The van der Waals surface area contributed by atoms with Gasteiger partial charge in [-0.05, 0) is 24.3 Å². The predicted octanol–water partition coefficient (Wildman–Crippen LogP) is 1.78. The number of halogens is 1. The van der Waals surface area contributed by atoms with Crippen molar-refractivity contribution in [3.8, 4) is 5.75 Å². The van der Waals surface area contributed by atoms with E-state index < -0.39 is 0 Å². The first-order chi connectivity index (χ1) is 10.5. The lowest BCUT2D eigenvalue weighted by atomic mass is 10.3. The minimum absolute atomic E-state index is 0.0206. The molecule has 9 heteroatoms. The zero-order valence-corrected chi connectivity index (χ0v) is 14.4. The van der Waals surface area contributed by atoms with E-state index >= 15 is 0 Å². The number of H-pyrrole nitrogens is 1. The number of benzene rings is 1. The lowest BCUT2D eigenvalue weighted by molar-refractivity contribution is -0.127. The molecule has 0 atom stereocenters. The molecule has 0 saturated heterocycles. The van der Waals surface area contributed by atoms with Crippen LogP contribution in [0.1, 0.15) is 0 Å². The topological polar surface area (TPSA) is 97.1 Å². The Morgan fingerprint density at radius 3 is 2.82 bits per heavy atom. The summed E-state index contributed by atoms with van der Waals surface area (Å²) in [4.78, 5) is 17.5. The number of carbonyl (C=O) groups excluding carboxylic acids is 1. The number of nitrogen functional groups attached to an aromatic ring is 1. The first-order valence-electron chi connectivity index (χ1n) is 6.47. The average Bonchev–Trinajstić information content (AvgIpc) is 2.92. The number of likely N-dealkylation sites (N-methyl/N-ethyl adjacent to an activating group) is 1. The van der Waals surface area contributed by atoms with E-state index in [0.29, 0.717) is 18.3 Å². The number of rotatable bonds is 7. The number of nitrogens with one attached hydrogen (secondary N) is 1. The maximum Gasteiger partial charge on any atom is 0.232 e. The van der Waals surface area contributed by atoms with Gasteiger partial charge in [-0.25, -0.2) is 5.10 Å². The van der Waals surface area contributed by atoms with Crippen LogP contribution in [0.2, 0.25) is 0 Å². The highest BCUT2D eigenvalue weighted by atomic mass is 79.9. The molecule has 0 radical (unpaired) electrons. The van der Waals surface area contributed by atoms with Crippen LogP contribution in [0.15, 0.2) is 33.9 Å². The number of carbonyl (C=O) groups is 1. The van der Waals surface area contributed by atoms with E-state index in [9.17, 15) is 4.79 Å². The number of aromatic nitrogens is 3. The zero-order chi connectivity index (χ0) is 15.9.